The van der Waals surface area contributed by atoms with Gasteiger partial charge in [0.1, 0.15) is 0 Å². The Bertz CT molecular complexity index is 536. The van der Waals surface area contributed by atoms with E-state index in [0.29, 0.717) is 0 Å². The molecule has 3 nitrogen and oxygen atoms in total. The van der Waals surface area contributed by atoms with Gasteiger partial charge in [-0.25, -0.2) is 4.79 Å². The summed E-state index contributed by atoms with van der Waals surface area (Å²) >= 11 is 0. The Balaban J connectivity index is 2.43. The lowest BCUT2D eigenvalue weighted by Crippen LogP contribution is -2.22. The average molecular weight is 218 g/mol. The molecule has 0 saturated carbocycles. The molecule has 0 N–H and O–H groups in total. The minimum Gasteiger partial charge on any atom is -0.295 e. The van der Waals surface area contributed by atoms with Crippen molar-refractivity contribution in [1.82, 2.24) is 9.13 Å². The third-order valence-electron chi connectivity index (χ3n) is 3.04. The minimum absolute atomic E-state index is 0.0947. The largest absolute Gasteiger partial charge is 0.328 e. The molecule has 2 aromatic rings. The number of unbranched alkanes of at least 4 members (excludes halogenated alkanes) is 2. The summed E-state index contributed by atoms with van der Waals surface area (Å²) in [6.07, 6.45) is 3.43. The molecule has 1 aromatic carbocycles. The average Bonchev–Trinajstić information content (AvgIpc) is 2.55. The number of aromatic nitrogens is 2. The first kappa shape index (κ1) is 11.0. The summed E-state index contributed by atoms with van der Waals surface area (Å²) in [5.74, 6) is 0. The summed E-state index contributed by atoms with van der Waals surface area (Å²) < 4.78 is 3.60. The second kappa shape index (κ2) is 4.56. The van der Waals surface area contributed by atoms with Gasteiger partial charge >= 0.3 is 5.69 Å². The Kier molecular flexibility index (Phi) is 3.13. The first-order valence-corrected chi connectivity index (χ1v) is 5.90. The molecule has 0 radical (unpaired) electrons. The topological polar surface area (TPSA) is 26.9 Å². The summed E-state index contributed by atoms with van der Waals surface area (Å²) in [6.45, 7) is 3.00. The highest BCUT2D eigenvalue weighted by Crippen LogP contribution is 2.12. The van der Waals surface area contributed by atoms with E-state index in [2.05, 4.69) is 6.92 Å². The fraction of sp³-hybridized carbons (Fsp3) is 0.462. The molecule has 0 aliphatic heterocycles. The van der Waals surface area contributed by atoms with Crippen molar-refractivity contribution in [3.05, 3.63) is 34.7 Å². The van der Waals surface area contributed by atoms with E-state index in [-0.39, 0.29) is 5.69 Å². The molecule has 0 fully saturated rings. The van der Waals surface area contributed by atoms with Crippen LogP contribution < -0.4 is 5.69 Å². The summed E-state index contributed by atoms with van der Waals surface area (Å²) in [5, 5.41) is 0. The van der Waals surface area contributed by atoms with E-state index in [1.165, 1.54) is 12.8 Å². The van der Waals surface area contributed by atoms with Crippen LogP contribution in [0.15, 0.2) is 29.1 Å². The monoisotopic (exact) mass is 218 g/mol. The highest BCUT2D eigenvalue weighted by molar-refractivity contribution is 5.75. The quantitative estimate of drug-likeness (QED) is 0.724. The first-order chi connectivity index (χ1) is 7.75. The zero-order valence-corrected chi connectivity index (χ0v) is 9.94. The molecule has 1 heterocycles. The Hall–Kier alpha value is -1.51. The van der Waals surface area contributed by atoms with Crippen LogP contribution in [-0.2, 0) is 13.6 Å². The predicted molar refractivity (Wildman–Crippen MR) is 66.7 cm³/mol. The number of fused-ring (bicyclic) bond motifs is 1. The van der Waals surface area contributed by atoms with Crippen LogP contribution in [0, 0.1) is 0 Å². The normalized spacial score (nSPS) is 11.1. The maximum absolute atomic E-state index is 12.0. The van der Waals surface area contributed by atoms with Gasteiger partial charge < -0.3 is 0 Å². The molecule has 0 aliphatic rings. The van der Waals surface area contributed by atoms with Crippen LogP contribution in [0.2, 0.25) is 0 Å². The lowest BCUT2D eigenvalue weighted by molar-refractivity contribution is 0.590. The van der Waals surface area contributed by atoms with Gasteiger partial charge in [-0.2, -0.15) is 0 Å². The molecule has 0 unspecified atom stereocenters. The minimum atomic E-state index is 0.0947. The molecular formula is C13H18N2O. The van der Waals surface area contributed by atoms with E-state index in [4.69, 9.17) is 0 Å². The van der Waals surface area contributed by atoms with Crippen molar-refractivity contribution in [1.29, 1.82) is 0 Å². The third kappa shape index (κ3) is 1.77. The van der Waals surface area contributed by atoms with Crippen LogP contribution in [-0.4, -0.2) is 9.13 Å². The number of benzene rings is 1. The summed E-state index contributed by atoms with van der Waals surface area (Å²) in [5.41, 5.74) is 2.16. The van der Waals surface area contributed by atoms with Crippen molar-refractivity contribution in [2.75, 3.05) is 0 Å². The standard InChI is InChI=1S/C13H18N2O/c1-3-4-7-10-15-12-9-6-5-8-11(12)14(2)13(15)16/h5-6,8-9H,3-4,7,10H2,1-2H3. The van der Waals surface area contributed by atoms with Crippen LogP contribution in [0.5, 0.6) is 0 Å². The molecule has 0 aliphatic carbocycles. The van der Waals surface area contributed by atoms with Crippen LogP contribution in [0.3, 0.4) is 0 Å². The summed E-state index contributed by atoms with van der Waals surface area (Å²) in [4.78, 5) is 12.0. The Labute approximate surface area is 95.3 Å². The predicted octanol–water partition coefficient (Wildman–Crippen LogP) is 2.53. The van der Waals surface area contributed by atoms with Crippen molar-refractivity contribution >= 4 is 11.0 Å². The van der Waals surface area contributed by atoms with E-state index >= 15 is 0 Å². The molecule has 2 rings (SSSR count). The SMILES string of the molecule is CCCCCn1c(=O)n(C)c2ccccc21. The van der Waals surface area contributed by atoms with Gasteiger partial charge in [-0.05, 0) is 18.6 Å². The first-order valence-electron chi connectivity index (χ1n) is 5.90. The van der Waals surface area contributed by atoms with E-state index in [1.54, 1.807) is 4.57 Å². The van der Waals surface area contributed by atoms with Gasteiger partial charge in [0.25, 0.3) is 0 Å². The van der Waals surface area contributed by atoms with Crippen LogP contribution in [0.1, 0.15) is 26.2 Å². The molecule has 86 valence electrons. The second-order valence-corrected chi connectivity index (χ2v) is 4.19. The Morgan fingerprint density at radius 1 is 1.12 bits per heavy atom. The zero-order valence-electron chi connectivity index (χ0n) is 9.94. The van der Waals surface area contributed by atoms with Gasteiger partial charge in [0, 0.05) is 13.6 Å². The van der Waals surface area contributed by atoms with Crippen molar-refractivity contribution < 1.29 is 0 Å². The fourth-order valence-electron chi connectivity index (χ4n) is 2.10. The lowest BCUT2D eigenvalue weighted by Gasteiger charge is -2.01. The lowest BCUT2D eigenvalue weighted by atomic mass is 10.2. The zero-order chi connectivity index (χ0) is 11.5. The molecule has 0 atom stereocenters. The smallest absolute Gasteiger partial charge is 0.295 e. The molecule has 1 aromatic heterocycles. The summed E-state index contributed by atoms with van der Waals surface area (Å²) in [6, 6.07) is 7.96. The third-order valence-corrected chi connectivity index (χ3v) is 3.04. The van der Waals surface area contributed by atoms with Gasteiger partial charge in [-0.3, -0.25) is 9.13 Å². The van der Waals surface area contributed by atoms with Gasteiger partial charge in [0.05, 0.1) is 11.0 Å². The number of hydrogen-bond donors (Lipinski definition) is 0. The summed E-state index contributed by atoms with van der Waals surface area (Å²) in [7, 11) is 1.83. The highest BCUT2D eigenvalue weighted by atomic mass is 16.1. The van der Waals surface area contributed by atoms with E-state index in [1.807, 2.05) is 35.9 Å². The molecule has 0 spiro atoms. The maximum atomic E-state index is 12.0. The van der Waals surface area contributed by atoms with Crippen molar-refractivity contribution in [2.45, 2.75) is 32.7 Å². The number of aryl methyl sites for hydroxylation is 2. The Morgan fingerprint density at radius 2 is 1.81 bits per heavy atom. The van der Waals surface area contributed by atoms with E-state index in [0.717, 1.165) is 24.0 Å². The van der Waals surface area contributed by atoms with Crippen molar-refractivity contribution in [2.24, 2.45) is 7.05 Å². The fourth-order valence-corrected chi connectivity index (χ4v) is 2.10. The number of nitrogens with zero attached hydrogens (tertiary/aromatic N) is 2. The second-order valence-electron chi connectivity index (χ2n) is 4.19. The number of rotatable bonds is 4. The number of imidazole rings is 1. The van der Waals surface area contributed by atoms with Crippen LogP contribution >= 0.6 is 0 Å². The molecule has 3 heteroatoms. The molecule has 0 amide bonds. The molecular weight excluding hydrogens is 200 g/mol. The van der Waals surface area contributed by atoms with Crippen LogP contribution in [0.4, 0.5) is 0 Å². The van der Waals surface area contributed by atoms with Gasteiger partial charge in [-0.1, -0.05) is 31.9 Å². The van der Waals surface area contributed by atoms with Crippen LogP contribution in [0.25, 0.3) is 11.0 Å². The molecule has 16 heavy (non-hydrogen) atoms. The number of hydrogen-bond acceptors (Lipinski definition) is 1. The van der Waals surface area contributed by atoms with E-state index < -0.39 is 0 Å². The highest BCUT2D eigenvalue weighted by Gasteiger charge is 2.08. The Morgan fingerprint density at radius 3 is 2.50 bits per heavy atom. The van der Waals surface area contributed by atoms with Gasteiger partial charge in [0.2, 0.25) is 0 Å². The molecule has 0 bridgehead atoms. The number of para-hydroxylation sites is 2. The van der Waals surface area contributed by atoms with Crippen molar-refractivity contribution in [3.8, 4) is 0 Å². The van der Waals surface area contributed by atoms with Gasteiger partial charge in [0.15, 0.2) is 0 Å². The van der Waals surface area contributed by atoms with E-state index in [9.17, 15) is 4.79 Å². The van der Waals surface area contributed by atoms with Crippen molar-refractivity contribution in [3.63, 3.8) is 0 Å². The van der Waals surface area contributed by atoms with Gasteiger partial charge in [-0.15, -0.1) is 0 Å². The molecule has 0 saturated heterocycles. The maximum Gasteiger partial charge on any atom is 0.328 e.